The standard InChI is InChI=1S/C18H25F3N2O/c1-12(2)9-10-23(16-7-8-16)17(24)22-13(3)14-5-4-6-15(11-14)18(19,20)21/h4-6,11-13,16H,7-10H2,1-3H3,(H,22,24). The third-order valence-corrected chi connectivity index (χ3v) is 4.25. The number of carbonyl (C=O) groups is 1. The highest BCUT2D eigenvalue weighted by molar-refractivity contribution is 5.75. The Kier molecular flexibility index (Phi) is 5.78. The van der Waals surface area contributed by atoms with Gasteiger partial charge in [-0.15, -0.1) is 0 Å². The normalized spacial score (nSPS) is 16.1. The van der Waals surface area contributed by atoms with Gasteiger partial charge < -0.3 is 10.2 Å². The molecule has 24 heavy (non-hydrogen) atoms. The van der Waals surface area contributed by atoms with Crippen molar-refractivity contribution in [3.63, 3.8) is 0 Å². The van der Waals surface area contributed by atoms with Crippen LogP contribution in [0, 0.1) is 5.92 Å². The molecule has 1 N–H and O–H groups in total. The van der Waals surface area contributed by atoms with E-state index in [4.69, 9.17) is 0 Å². The van der Waals surface area contributed by atoms with Crippen LogP contribution in [0.3, 0.4) is 0 Å². The molecule has 1 unspecified atom stereocenters. The summed E-state index contributed by atoms with van der Waals surface area (Å²) in [5, 5.41) is 2.84. The van der Waals surface area contributed by atoms with Gasteiger partial charge in [-0.25, -0.2) is 4.79 Å². The molecule has 0 bridgehead atoms. The van der Waals surface area contributed by atoms with E-state index >= 15 is 0 Å². The molecule has 1 aromatic carbocycles. The predicted molar refractivity (Wildman–Crippen MR) is 87.6 cm³/mol. The first-order valence-corrected chi connectivity index (χ1v) is 8.42. The number of halogens is 3. The zero-order valence-electron chi connectivity index (χ0n) is 14.4. The minimum Gasteiger partial charge on any atom is -0.331 e. The summed E-state index contributed by atoms with van der Waals surface area (Å²) in [4.78, 5) is 14.3. The lowest BCUT2D eigenvalue weighted by Gasteiger charge is -2.26. The topological polar surface area (TPSA) is 32.3 Å². The van der Waals surface area contributed by atoms with Crippen LogP contribution in [0.4, 0.5) is 18.0 Å². The first-order valence-electron chi connectivity index (χ1n) is 8.42. The van der Waals surface area contributed by atoms with Crippen LogP contribution < -0.4 is 5.32 Å². The second-order valence-electron chi connectivity index (χ2n) is 6.90. The van der Waals surface area contributed by atoms with Crippen LogP contribution in [0.25, 0.3) is 0 Å². The zero-order valence-corrected chi connectivity index (χ0v) is 14.4. The molecule has 0 heterocycles. The number of rotatable bonds is 6. The molecule has 3 nitrogen and oxygen atoms in total. The van der Waals surface area contributed by atoms with E-state index in [0.717, 1.165) is 31.4 Å². The van der Waals surface area contributed by atoms with Gasteiger partial charge >= 0.3 is 12.2 Å². The summed E-state index contributed by atoms with van der Waals surface area (Å²) in [7, 11) is 0. The molecule has 1 atom stereocenters. The van der Waals surface area contributed by atoms with Crippen LogP contribution in [-0.2, 0) is 6.18 Å². The fourth-order valence-electron chi connectivity index (χ4n) is 2.57. The van der Waals surface area contributed by atoms with Crippen LogP contribution >= 0.6 is 0 Å². The molecule has 0 aromatic heterocycles. The van der Waals surface area contributed by atoms with E-state index in [1.165, 1.54) is 6.07 Å². The number of amides is 2. The summed E-state index contributed by atoms with van der Waals surface area (Å²) in [6.45, 7) is 6.60. The van der Waals surface area contributed by atoms with Crippen molar-refractivity contribution in [3.05, 3.63) is 35.4 Å². The third kappa shape index (κ3) is 5.14. The van der Waals surface area contributed by atoms with E-state index in [0.29, 0.717) is 18.0 Å². The fourth-order valence-corrected chi connectivity index (χ4v) is 2.57. The first-order chi connectivity index (χ1) is 11.2. The molecule has 0 aliphatic heterocycles. The Hall–Kier alpha value is -1.72. The summed E-state index contributed by atoms with van der Waals surface area (Å²) >= 11 is 0. The molecule has 2 rings (SSSR count). The summed E-state index contributed by atoms with van der Waals surface area (Å²) in [6.07, 6.45) is -1.45. The fraction of sp³-hybridized carbons (Fsp3) is 0.611. The summed E-state index contributed by atoms with van der Waals surface area (Å²) in [6, 6.07) is 4.73. The van der Waals surface area contributed by atoms with Gasteiger partial charge in [-0.2, -0.15) is 13.2 Å². The predicted octanol–water partition coefficient (Wildman–Crippen LogP) is 4.99. The Bertz CT molecular complexity index is 568. The number of nitrogens with zero attached hydrogens (tertiary/aromatic N) is 1. The van der Waals surface area contributed by atoms with E-state index in [2.05, 4.69) is 19.2 Å². The van der Waals surface area contributed by atoms with Crippen molar-refractivity contribution < 1.29 is 18.0 Å². The van der Waals surface area contributed by atoms with Crippen molar-refractivity contribution >= 4 is 6.03 Å². The molecule has 1 aliphatic rings. The maximum Gasteiger partial charge on any atom is 0.416 e. The second kappa shape index (κ2) is 7.45. The van der Waals surface area contributed by atoms with E-state index in [-0.39, 0.29) is 12.1 Å². The minimum absolute atomic E-state index is 0.192. The van der Waals surface area contributed by atoms with Gasteiger partial charge in [-0.3, -0.25) is 0 Å². The Labute approximate surface area is 141 Å². The lowest BCUT2D eigenvalue weighted by molar-refractivity contribution is -0.137. The molecule has 2 amide bonds. The molecule has 0 spiro atoms. The molecule has 134 valence electrons. The molecule has 1 aromatic rings. The number of benzene rings is 1. The van der Waals surface area contributed by atoms with Gasteiger partial charge in [0.1, 0.15) is 0 Å². The van der Waals surface area contributed by atoms with Gasteiger partial charge in [0, 0.05) is 12.6 Å². The average molecular weight is 342 g/mol. The molecule has 1 saturated carbocycles. The lowest BCUT2D eigenvalue weighted by Crippen LogP contribution is -2.43. The molecular weight excluding hydrogens is 317 g/mol. The van der Waals surface area contributed by atoms with E-state index in [9.17, 15) is 18.0 Å². The summed E-state index contributed by atoms with van der Waals surface area (Å²) < 4.78 is 38.4. The van der Waals surface area contributed by atoms with Crippen molar-refractivity contribution in [2.45, 2.75) is 58.3 Å². The largest absolute Gasteiger partial charge is 0.416 e. The first kappa shape index (κ1) is 18.6. The van der Waals surface area contributed by atoms with Crippen molar-refractivity contribution in [2.75, 3.05) is 6.54 Å². The van der Waals surface area contributed by atoms with E-state index < -0.39 is 17.8 Å². The van der Waals surface area contributed by atoms with Crippen LogP contribution in [-0.4, -0.2) is 23.5 Å². The highest BCUT2D eigenvalue weighted by Crippen LogP contribution is 2.31. The number of carbonyl (C=O) groups excluding carboxylic acids is 1. The Morgan fingerprint density at radius 1 is 1.29 bits per heavy atom. The van der Waals surface area contributed by atoms with Crippen LogP contribution in [0.2, 0.25) is 0 Å². The van der Waals surface area contributed by atoms with Crippen molar-refractivity contribution in [1.82, 2.24) is 10.2 Å². The number of hydrogen-bond acceptors (Lipinski definition) is 1. The summed E-state index contributed by atoms with van der Waals surface area (Å²) in [5.74, 6) is 0.500. The highest BCUT2D eigenvalue weighted by Gasteiger charge is 2.33. The van der Waals surface area contributed by atoms with Gasteiger partial charge in [0.05, 0.1) is 11.6 Å². The summed E-state index contributed by atoms with van der Waals surface area (Å²) in [5.41, 5.74) is -0.238. The second-order valence-corrected chi connectivity index (χ2v) is 6.90. The van der Waals surface area contributed by atoms with E-state index in [1.54, 1.807) is 13.0 Å². The Morgan fingerprint density at radius 3 is 2.50 bits per heavy atom. The van der Waals surface area contributed by atoms with Crippen molar-refractivity contribution in [1.29, 1.82) is 0 Å². The van der Waals surface area contributed by atoms with Crippen molar-refractivity contribution in [2.24, 2.45) is 5.92 Å². The SMILES string of the molecule is CC(C)CCN(C(=O)NC(C)c1cccc(C(F)(F)F)c1)C1CC1. The van der Waals surface area contributed by atoms with Gasteiger partial charge in [-0.1, -0.05) is 26.0 Å². The van der Waals surface area contributed by atoms with Gasteiger partial charge in [0.2, 0.25) is 0 Å². The van der Waals surface area contributed by atoms with Crippen LogP contribution in [0.1, 0.15) is 57.2 Å². The molecule has 1 aliphatic carbocycles. The third-order valence-electron chi connectivity index (χ3n) is 4.25. The Balaban J connectivity index is 2.02. The van der Waals surface area contributed by atoms with Crippen LogP contribution in [0.5, 0.6) is 0 Å². The van der Waals surface area contributed by atoms with Gasteiger partial charge in [-0.05, 0) is 49.8 Å². The van der Waals surface area contributed by atoms with Crippen LogP contribution in [0.15, 0.2) is 24.3 Å². The molecule has 6 heteroatoms. The number of nitrogens with one attached hydrogen (secondary N) is 1. The maximum absolute atomic E-state index is 12.8. The monoisotopic (exact) mass is 342 g/mol. The smallest absolute Gasteiger partial charge is 0.331 e. The lowest BCUT2D eigenvalue weighted by atomic mass is 10.0. The number of hydrogen-bond donors (Lipinski definition) is 1. The quantitative estimate of drug-likeness (QED) is 0.776. The molecule has 0 radical (unpaired) electrons. The van der Waals surface area contributed by atoms with E-state index in [1.807, 2.05) is 4.90 Å². The molecule has 1 fully saturated rings. The average Bonchev–Trinajstić information content (AvgIpc) is 3.31. The number of alkyl halides is 3. The molecular formula is C18H25F3N2O. The van der Waals surface area contributed by atoms with Crippen molar-refractivity contribution in [3.8, 4) is 0 Å². The molecule has 0 saturated heterocycles. The number of urea groups is 1. The highest BCUT2D eigenvalue weighted by atomic mass is 19.4. The van der Waals surface area contributed by atoms with Gasteiger partial charge in [0.25, 0.3) is 0 Å². The van der Waals surface area contributed by atoms with Gasteiger partial charge in [0.15, 0.2) is 0 Å². The minimum atomic E-state index is -4.38. The maximum atomic E-state index is 12.8. The Morgan fingerprint density at radius 2 is 1.96 bits per heavy atom. The zero-order chi connectivity index (χ0) is 17.9.